The Morgan fingerprint density at radius 2 is 2.11 bits per heavy atom. The number of hydrogen-bond acceptors (Lipinski definition) is 4. The molecule has 0 atom stereocenters. The van der Waals surface area contributed by atoms with E-state index in [1.807, 2.05) is 43.4 Å². The zero-order valence-corrected chi connectivity index (χ0v) is 10.1. The lowest BCUT2D eigenvalue weighted by molar-refractivity contribution is 0.623. The second kappa shape index (κ2) is 4.58. The van der Waals surface area contributed by atoms with Crippen molar-refractivity contribution < 1.29 is 4.42 Å². The molecular weight excluding hydrogens is 226 g/mol. The van der Waals surface area contributed by atoms with E-state index >= 15 is 0 Å². The largest absolute Gasteiger partial charge is 0.453 e. The van der Waals surface area contributed by atoms with Crippen molar-refractivity contribution in [3.8, 4) is 11.6 Å². The molecular formula is C14H13N3O. The van der Waals surface area contributed by atoms with Gasteiger partial charge in [-0.05, 0) is 25.2 Å². The minimum absolute atomic E-state index is 0.624. The van der Waals surface area contributed by atoms with E-state index in [0.29, 0.717) is 11.6 Å². The van der Waals surface area contributed by atoms with Crippen molar-refractivity contribution in [1.82, 2.24) is 15.3 Å². The standard InChI is InChI=1S/C14H13N3O/c1-15-9-11-6-7-16-14(17-11)13-8-10-4-2-3-5-12(10)18-13/h2-8,15H,9H2,1H3. The van der Waals surface area contributed by atoms with E-state index in [1.165, 1.54) is 0 Å². The van der Waals surface area contributed by atoms with Gasteiger partial charge in [-0.3, -0.25) is 0 Å². The van der Waals surface area contributed by atoms with Crippen LogP contribution in [0, 0.1) is 0 Å². The van der Waals surface area contributed by atoms with Crippen LogP contribution in [-0.2, 0) is 6.54 Å². The number of nitrogens with one attached hydrogen (secondary N) is 1. The summed E-state index contributed by atoms with van der Waals surface area (Å²) in [5, 5.41) is 4.13. The van der Waals surface area contributed by atoms with Gasteiger partial charge in [0, 0.05) is 18.1 Å². The third-order valence-electron chi connectivity index (χ3n) is 2.72. The number of nitrogens with zero attached hydrogens (tertiary/aromatic N) is 2. The van der Waals surface area contributed by atoms with Gasteiger partial charge in [0.1, 0.15) is 5.58 Å². The Kier molecular flexibility index (Phi) is 2.78. The Labute approximate surface area is 105 Å². The second-order valence-electron chi connectivity index (χ2n) is 4.05. The van der Waals surface area contributed by atoms with Gasteiger partial charge in [-0.15, -0.1) is 0 Å². The number of rotatable bonds is 3. The van der Waals surface area contributed by atoms with Crippen LogP contribution in [0.5, 0.6) is 0 Å². The van der Waals surface area contributed by atoms with Crippen molar-refractivity contribution in [3.05, 3.63) is 48.3 Å². The minimum atomic E-state index is 0.624. The normalized spacial score (nSPS) is 10.9. The predicted octanol–water partition coefficient (Wildman–Crippen LogP) is 2.61. The van der Waals surface area contributed by atoms with Crippen LogP contribution >= 0.6 is 0 Å². The highest BCUT2D eigenvalue weighted by atomic mass is 16.3. The zero-order valence-electron chi connectivity index (χ0n) is 10.1. The van der Waals surface area contributed by atoms with E-state index in [9.17, 15) is 0 Å². The third-order valence-corrected chi connectivity index (χ3v) is 2.72. The van der Waals surface area contributed by atoms with Gasteiger partial charge in [0.25, 0.3) is 0 Å². The molecule has 0 aliphatic carbocycles. The van der Waals surface area contributed by atoms with Crippen molar-refractivity contribution in [1.29, 1.82) is 0 Å². The molecule has 0 saturated carbocycles. The fourth-order valence-corrected chi connectivity index (χ4v) is 1.89. The summed E-state index contributed by atoms with van der Waals surface area (Å²) in [7, 11) is 1.89. The molecule has 0 saturated heterocycles. The maximum Gasteiger partial charge on any atom is 0.195 e. The highest BCUT2D eigenvalue weighted by molar-refractivity contribution is 5.81. The summed E-state index contributed by atoms with van der Waals surface area (Å²) < 4.78 is 5.74. The van der Waals surface area contributed by atoms with E-state index < -0.39 is 0 Å². The van der Waals surface area contributed by atoms with Crippen LogP contribution < -0.4 is 5.32 Å². The Hall–Kier alpha value is -2.20. The highest BCUT2D eigenvalue weighted by Gasteiger charge is 2.08. The molecule has 0 fully saturated rings. The monoisotopic (exact) mass is 239 g/mol. The number of aromatic nitrogens is 2. The molecule has 4 heteroatoms. The Morgan fingerprint density at radius 1 is 1.22 bits per heavy atom. The van der Waals surface area contributed by atoms with Crippen LogP contribution in [0.15, 0.2) is 47.0 Å². The molecule has 0 bridgehead atoms. The molecule has 90 valence electrons. The smallest absolute Gasteiger partial charge is 0.195 e. The van der Waals surface area contributed by atoms with Crippen molar-refractivity contribution >= 4 is 11.0 Å². The quantitative estimate of drug-likeness (QED) is 0.763. The Balaban J connectivity index is 2.05. The third kappa shape index (κ3) is 1.98. The topological polar surface area (TPSA) is 51.0 Å². The van der Waals surface area contributed by atoms with Gasteiger partial charge in [-0.2, -0.15) is 0 Å². The van der Waals surface area contributed by atoms with Crippen LogP contribution in [-0.4, -0.2) is 17.0 Å². The van der Waals surface area contributed by atoms with Crippen LogP contribution in [0.25, 0.3) is 22.6 Å². The summed E-state index contributed by atoms with van der Waals surface area (Å²) in [6.07, 6.45) is 1.75. The fourth-order valence-electron chi connectivity index (χ4n) is 1.89. The van der Waals surface area contributed by atoms with E-state index in [1.54, 1.807) is 6.20 Å². The van der Waals surface area contributed by atoms with Gasteiger partial charge < -0.3 is 9.73 Å². The summed E-state index contributed by atoms with van der Waals surface area (Å²) in [5.74, 6) is 1.33. The number of furan rings is 1. The van der Waals surface area contributed by atoms with E-state index in [0.717, 1.165) is 23.2 Å². The molecule has 18 heavy (non-hydrogen) atoms. The van der Waals surface area contributed by atoms with Gasteiger partial charge in [-0.1, -0.05) is 18.2 Å². The van der Waals surface area contributed by atoms with Gasteiger partial charge in [-0.25, -0.2) is 9.97 Å². The lowest BCUT2D eigenvalue weighted by Crippen LogP contribution is -2.07. The number of hydrogen-bond donors (Lipinski definition) is 1. The maximum atomic E-state index is 5.74. The molecule has 0 spiro atoms. The Morgan fingerprint density at radius 3 is 2.94 bits per heavy atom. The summed E-state index contributed by atoms with van der Waals surface area (Å²) in [6, 6.07) is 11.8. The van der Waals surface area contributed by atoms with Crippen molar-refractivity contribution in [2.24, 2.45) is 0 Å². The van der Waals surface area contributed by atoms with E-state index in [-0.39, 0.29) is 0 Å². The van der Waals surface area contributed by atoms with E-state index in [2.05, 4.69) is 15.3 Å². The molecule has 0 radical (unpaired) electrons. The predicted molar refractivity (Wildman–Crippen MR) is 70.0 cm³/mol. The van der Waals surface area contributed by atoms with Gasteiger partial charge in [0.2, 0.25) is 0 Å². The molecule has 0 unspecified atom stereocenters. The van der Waals surface area contributed by atoms with Crippen molar-refractivity contribution in [3.63, 3.8) is 0 Å². The summed E-state index contributed by atoms with van der Waals surface area (Å²) in [4.78, 5) is 8.72. The average Bonchev–Trinajstić information content (AvgIpc) is 2.83. The van der Waals surface area contributed by atoms with Gasteiger partial charge in [0.15, 0.2) is 11.6 Å². The van der Waals surface area contributed by atoms with Gasteiger partial charge >= 0.3 is 0 Å². The molecule has 3 aromatic rings. The average molecular weight is 239 g/mol. The molecule has 2 heterocycles. The SMILES string of the molecule is CNCc1ccnc(-c2cc3ccccc3o2)n1. The summed E-state index contributed by atoms with van der Waals surface area (Å²) in [6.45, 7) is 0.718. The Bertz CT molecular complexity index is 642. The van der Waals surface area contributed by atoms with Crippen LogP contribution in [0.2, 0.25) is 0 Å². The molecule has 4 nitrogen and oxygen atoms in total. The molecule has 0 amide bonds. The van der Waals surface area contributed by atoms with E-state index in [4.69, 9.17) is 4.42 Å². The number of para-hydroxylation sites is 1. The first-order valence-electron chi connectivity index (χ1n) is 5.82. The highest BCUT2D eigenvalue weighted by Crippen LogP contribution is 2.25. The molecule has 2 aromatic heterocycles. The molecule has 1 N–H and O–H groups in total. The maximum absolute atomic E-state index is 5.74. The summed E-state index contributed by atoms with van der Waals surface area (Å²) >= 11 is 0. The molecule has 1 aromatic carbocycles. The van der Waals surface area contributed by atoms with Crippen LogP contribution in [0.4, 0.5) is 0 Å². The number of fused-ring (bicyclic) bond motifs is 1. The van der Waals surface area contributed by atoms with Crippen molar-refractivity contribution in [2.45, 2.75) is 6.54 Å². The van der Waals surface area contributed by atoms with Gasteiger partial charge in [0.05, 0.1) is 5.69 Å². The van der Waals surface area contributed by atoms with Crippen LogP contribution in [0.3, 0.4) is 0 Å². The molecule has 3 rings (SSSR count). The van der Waals surface area contributed by atoms with Crippen molar-refractivity contribution in [2.75, 3.05) is 7.05 Å². The first-order valence-corrected chi connectivity index (χ1v) is 5.82. The first kappa shape index (κ1) is 10.9. The molecule has 0 aliphatic rings. The number of benzene rings is 1. The summed E-state index contributed by atoms with van der Waals surface area (Å²) in [5.41, 5.74) is 1.80. The zero-order chi connectivity index (χ0) is 12.4. The second-order valence-corrected chi connectivity index (χ2v) is 4.05. The fraction of sp³-hybridized carbons (Fsp3) is 0.143. The lowest BCUT2D eigenvalue weighted by atomic mass is 10.2. The minimum Gasteiger partial charge on any atom is -0.453 e. The molecule has 0 aliphatic heterocycles. The lowest BCUT2D eigenvalue weighted by Gasteiger charge is -2.00. The van der Waals surface area contributed by atoms with Crippen LogP contribution in [0.1, 0.15) is 5.69 Å². The first-order chi connectivity index (χ1) is 8.86.